The van der Waals surface area contributed by atoms with Crippen LogP contribution < -0.4 is 10.1 Å². The first-order valence-corrected chi connectivity index (χ1v) is 14.9. The Morgan fingerprint density at radius 2 is 1.71 bits per heavy atom. The van der Waals surface area contributed by atoms with Gasteiger partial charge in [0.15, 0.2) is 0 Å². The van der Waals surface area contributed by atoms with E-state index in [0.717, 1.165) is 16.9 Å². The third-order valence-corrected chi connectivity index (χ3v) is 8.95. The zero-order chi connectivity index (χ0) is 31.0. The molecular weight excluding hydrogens is 530 g/mol. The molecule has 0 saturated carbocycles. The molecule has 2 saturated heterocycles. The van der Waals surface area contributed by atoms with Gasteiger partial charge in [-0.2, -0.15) is 0 Å². The summed E-state index contributed by atoms with van der Waals surface area (Å²) in [7, 11) is 3.35. The van der Waals surface area contributed by atoms with Crippen LogP contribution in [0, 0.1) is 17.3 Å². The number of amides is 2. The Labute approximate surface area is 250 Å². The van der Waals surface area contributed by atoms with Gasteiger partial charge in [0.2, 0.25) is 11.8 Å². The summed E-state index contributed by atoms with van der Waals surface area (Å²) >= 11 is 0. The molecule has 8 heteroatoms. The minimum Gasteiger partial charge on any atom is -0.496 e. The van der Waals surface area contributed by atoms with Gasteiger partial charge in [0.05, 0.1) is 13.2 Å². The predicted molar refractivity (Wildman–Crippen MR) is 163 cm³/mol. The highest BCUT2D eigenvalue weighted by Crippen LogP contribution is 2.49. The molecule has 2 N–H and O–H groups in total. The average molecular weight is 578 g/mol. The van der Waals surface area contributed by atoms with E-state index in [9.17, 15) is 19.5 Å². The van der Waals surface area contributed by atoms with Crippen molar-refractivity contribution in [2.75, 3.05) is 20.7 Å². The second-order valence-electron chi connectivity index (χ2n) is 13.9. The number of aliphatic carboxylic acids is 1. The Kier molecular flexibility index (Phi) is 9.07. The molecule has 2 amide bonds. The second-order valence-corrected chi connectivity index (χ2v) is 13.9. The van der Waals surface area contributed by atoms with Crippen molar-refractivity contribution in [3.63, 3.8) is 0 Å². The van der Waals surface area contributed by atoms with Gasteiger partial charge >= 0.3 is 5.97 Å². The number of carboxylic acids is 1. The number of carbonyl (C=O) groups is 3. The van der Waals surface area contributed by atoms with E-state index in [-0.39, 0.29) is 11.3 Å². The molecule has 2 aromatic carbocycles. The molecule has 0 unspecified atom stereocenters. The third kappa shape index (κ3) is 6.19. The lowest BCUT2D eigenvalue weighted by Gasteiger charge is -2.36. The molecule has 0 aliphatic carbocycles. The molecular formula is C34H47N3O5. The van der Waals surface area contributed by atoms with Crippen molar-refractivity contribution < 1.29 is 24.2 Å². The number of rotatable bonds is 7. The van der Waals surface area contributed by atoms with Crippen LogP contribution in [0.3, 0.4) is 0 Å². The van der Waals surface area contributed by atoms with Crippen LogP contribution in [0.5, 0.6) is 5.75 Å². The lowest BCUT2D eigenvalue weighted by molar-refractivity contribution is -0.158. The van der Waals surface area contributed by atoms with Gasteiger partial charge in [0.1, 0.15) is 17.7 Å². The number of ether oxygens (including phenoxy) is 1. The van der Waals surface area contributed by atoms with Gasteiger partial charge in [-0.25, -0.2) is 4.79 Å². The van der Waals surface area contributed by atoms with Crippen molar-refractivity contribution in [1.82, 2.24) is 15.1 Å². The quantitative estimate of drug-likeness (QED) is 0.449. The molecule has 5 atom stereocenters. The van der Waals surface area contributed by atoms with Crippen LogP contribution in [0.1, 0.15) is 77.1 Å². The summed E-state index contributed by atoms with van der Waals surface area (Å²) in [6.45, 7) is 13.6. The summed E-state index contributed by atoms with van der Waals surface area (Å²) in [6, 6.07) is 13.7. The Balaban J connectivity index is 1.83. The first-order valence-electron chi connectivity index (χ1n) is 14.9. The third-order valence-electron chi connectivity index (χ3n) is 8.95. The van der Waals surface area contributed by atoms with E-state index in [1.165, 1.54) is 10.5 Å². The molecule has 4 rings (SSSR count). The van der Waals surface area contributed by atoms with Gasteiger partial charge in [-0.3, -0.25) is 9.59 Å². The molecule has 42 heavy (non-hydrogen) atoms. The molecule has 2 heterocycles. The van der Waals surface area contributed by atoms with Crippen LogP contribution >= 0.6 is 0 Å². The summed E-state index contributed by atoms with van der Waals surface area (Å²) < 4.78 is 5.71. The van der Waals surface area contributed by atoms with Gasteiger partial charge < -0.3 is 25.0 Å². The van der Waals surface area contributed by atoms with E-state index in [0.29, 0.717) is 25.9 Å². The van der Waals surface area contributed by atoms with Crippen LogP contribution in [0.2, 0.25) is 0 Å². The summed E-state index contributed by atoms with van der Waals surface area (Å²) in [5, 5.41) is 14.4. The SMILES string of the molecule is COc1ccc(C(C)(C)C)cc1CN[C@H]1[C@H](C(C)(C)C)[C@@H](C(=O)O)N(C(=O)[C@H]2CCCN(C)C2=O)[C@H]1c1ccccc1. The lowest BCUT2D eigenvalue weighted by Crippen LogP contribution is -2.52. The maximum Gasteiger partial charge on any atom is 0.326 e. The monoisotopic (exact) mass is 577 g/mol. The van der Waals surface area contributed by atoms with Crippen molar-refractivity contribution >= 4 is 17.8 Å². The Morgan fingerprint density at radius 3 is 2.29 bits per heavy atom. The van der Waals surface area contributed by atoms with E-state index in [4.69, 9.17) is 4.74 Å². The number of methoxy groups -OCH3 is 1. The van der Waals surface area contributed by atoms with E-state index < -0.39 is 47.3 Å². The number of hydrogen-bond donors (Lipinski definition) is 2. The largest absolute Gasteiger partial charge is 0.496 e. The topological polar surface area (TPSA) is 99.2 Å². The molecule has 2 fully saturated rings. The van der Waals surface area contributed by atoms with Crippen molar-refractivity contribution in [2.45, 2.75) is 84.5 Å². The first-order chi connectivity index (χ1) is 19.7. The molecule has 0 bridgehead atoms. The van der Waals surface area contributed by atoms with Gasteiger partial charge in [-0.1, -0.05) is 84.0 Å². The fourth-order valence-corrected chi connectivity index (χ4v) is 6.78. The van der Waals surface area contributed by atoms with Crippen LogP contribution in [0.4, 0.5) is 0 Å². The number of carbonyl (C=O) groups excluding carboxylic acids is 2. The molecule has 2 aliphatic rings. The smallest absolute Gasteiger partial charge is 0.326 e. The first kappa shape index (κ1) is 31.5. The van der Waals surface area contributed by atoms with Crippen molar-refractivity contribution in [3.05, 3.63) is 65.2 Å². The Morgan fingerprint density at radius 1 is 1.05 bits per heavy atom. The average Bonchev–Trinajstić information content (AvgIpc) is 3.29. The van der Waals surface area contributed by atoms with E-state index in [1.807, 2.05) is 57.2 Å². The van der Waals surface area contributed by atoms with Crippen molar-refractivity contribution in [2.24, 2.45) is 17.3 Å². The standard InChI is InChI=1S/C34H47N3O5/c1-33(2,3)23-16-17-25(42-8)22(19-23)20-35-27-26(34(4,5)6)29(32(40)41)37(28(27)21-13-10-9-11-14-21)31(39)24-15-12-18-36(7)30(24)38/h9-11,13-14,16-17,19,24,26-29,35H,12,15,18,20H2,1-8H3,(H,40,41)/t24-,26-,27-,28-,29-/m0/s1. The highest BCUT2D eigenvalue weighted by molar-refractivity contribution is 6.02. The predicted octanol–water partition coefficient (Wildman–Crippen LogP) is 5.02. The second kappa shape index (κ2) is 12.1. The van der Waals surface area contributed by atoms with Gasteiger partial charge in [-0.05, 0) is 40.9 Å². The summed E-state index contributed by atoms with van der Waals surface area (Å²) in [5.41, 5.74) is 2.43. The number of nitrogens with one attached hydrogen (secondary N) is 1. The molecule has 0 aromatic heterocycles. The molecule has 0 radical (unpaired) electrons. The van der Waals surface area contributed by atoms with Gasteiger partial charge in [-0.15, -0.1) is 0 Å². The number of nitrogens with zero attached hydrogens (tertiary/aromatic N) is 2. The van der Waals surface area contributed by atoms with Gasteiger partial charge in [0, 0.05) is 37.7 Å². The highest BCUT2D eigenvalue weighted by atomic mass is 16.5. The summed E-state index contributed by atoms with van der Waals surface area (Å²) in [4.78, 5) is 43.8. The summed E-state index contributed by atoms with van der Waals surface area (Å²) in [6.07, 6.45) is 1.12. The fraction of sp³-hybridized carbons (Fsp3) is 0.559. The fourth-order valence-electron chi connectivity index (χ4n) is 6.78. The van der Waals surface area contributed by atoms with Crippen LogP contribution in [0.15, 0.2) is 48.5 Å². The minimum atomic E-state index is -1.11. The zero-order valence-electron chi connectivity index (χ0n) is 26.3. The van der Waals surface area contributed by atoms with Gasteiger partial charge in [0.25, 0.3) is 0 Å². The highest BCUT2D eigenvalue weighted by Gasteiger charge is 2.59. The van der Waals surface area contributed by atoms with E-state index in [2.05, 4.69) is 38.2 Å². The van der Waals surface area contributed by atoms with Crippen molar-refractivity contribution in [3.8, 4) is 5.75 Å². The molecule has 228 valence electrons. The van der Waals surface area contributed by atoms with Crippen LogP contribution in [0.25, 0.3) is 0 Å². The van der Waals surface area contributed by atoms with Crippen LogP contribution in [-0.4, -0.2) is 65.5 Å². The zero-order valence-corrected chi connectivity index (χ0v) is 26.3. The Bertz CT molecular complexity index is 1300. The maximum atomic E-state index is 14.4. The van der Waals surface area contributed by atoms with Crippen molar-refractivity contribution in [1.29, 1.82) is 0 Å². The number of benzene rings is 2. The Hall–Kier alpha value is -3.39. The normalized spacial score (nSPS) is 25.0. The molecule has 8 nitrogen and oxygen atoms in total. The van der Waals surface area contributed by atoms with E-state index >= 15 is 0 Å². The lowest BCUT2D eigenvalue weighted by atomic mass is 9.72. The molecule has 0 spiro atoms. The summed E-state index contributed by atoms with van der Waals surface area (Å²) in [5.74, 6) is -2.29. The number of carboxylic acid groups (broad SMARTS) is 1. The van der Waals surface area contributed by atoms with Crippen LogP contribution in [-0.2, 0) is 26.3 Å². The number of likely N-dealkylation sites (tertiary alicyclic amines) is 2. The minimum absolute atomic E-state index is 0.0633. The number of piperidine rings is 1. The molecule has 2 aromatic rings. The molecule has 2 aliphatic heterocycles. The number of hydrogen-bond acceptors (Lipinski definition) is 5. The maximum absolute atomic E-state index is 14.4. The van der Waals surface area contributed by atoms with E-state index in [1.54, 1.807) is 19.1 Å².